The highest BCUT2D eigenvalue weighted by atomic mass is 32.1. The van der Waals surface area contributed by atoms with Gasteiger partial charge in [0.25, 0.3) is 0 Å². The van der Waals surface area contributed by atoms with Gasteiger partial charge in [0.15, 0.2) is 0 Å². The normalized spacial score (nSPS) is 13.7. The first kappa shape index (κ1) is 19.6. The smallest absolute Gasteiger partial charge is 0.313 e. The fraction of sp³-hybridized carbons (Fsp3) is 0.280. The van der Waals surface area contributed by atoms with Crippen LogP contribution in [-0.2, 0) is 10.2 Å². The van der Waals surface area contributed by atoms with Gasteiger partial charge in [0.1, 0.15) is 4.83 Å². The number of rotatable bonds is 5. The summed E-state index contributed by atoms with van der Waals surface area (Å²) < 4.78 is 1.17. The first-order valence-electron chi connectivity index (χ1n) is 9.99. The summed E-state index contributed by atoms with van der Waals surface area (Å²) >= 11 is 1.67. The Kier molecular flexibility index (Phi) is 4.91. The van der Waals surface area contributed by atoms with Crippen molar-refractivity contribution in [2.45, 2.75) is 46.0 Å². The van der Waals surface area contributed by atoms with Crippen molar-refractivity contribution in [2.75, 3.05) is 0 Å². The van der Waals surface area contributed by atoms with Crippen LogP contribution in [0.4, 0.5) is 0 Å². The van der Waals surface area contributed by atoms with Gasteiger partial charge < -0.3 is 5.11 Å². The minimum absolute atomic E-state index is 0.567. The topological polar surface area (TPSA) is 50.2 Å². The summed E-state index contributed by atoms with van der Waals surface area (Å²) in [5.74, 6) is -0.795. The Hall–Kier alpha value is -2.72. The Labute approximate surface area is 175 Å². The van der Waals surface area contributed by atoms with Crippen LogP contribution in [0, 0.1) is 13.8 Å². The molecular formula is C25H25NO2S. The van der Waals surface area contributed by atoms with Crippen molar-refractivity contribution in [3.8, 4) is 11.1 Å². The van der Waals surface area contributed by atoms with Gasteiger partial charge in [-0.15, -0.1) is 11.3 Å². The van der Waals surface area contributed by atoms with Gasteiger partial charge in [0.05, 0.1) is 5.41 Å². The number of thiophene rings is 1. The van der Waals surface area contributed by atoms with E-state index in [-0.39, 0.29) is 0 Å². The van der Waals surface area contributed by atoms with Crippen molar-refractivity contribution in [1.29, 1.82) is 0 Å². The van der Waals surface area contributed by atoms with Crippen molar-refractivity contribution >= 4 is 37.6 Å². The molecule has 4 rings (SSSR count). The quantitative estimate of drug-likeness (QED) is 0.395. The van der Waals surface area contributed by atoms with E-state index >= 15 is 0 Å². The predicted octanol–water partition coefficient (Wildman–Crippen LogP) is 6.88. The first-order valence-corrected chi connectivity index (χ1v) is 10.8. The second-order valence-electron chi connectivity index (χ2n) is 7.98. The lowest BCUT2D eigenvalue weighted by Crippen LogP contribution is -2.34. The fourth-order valence-electron chi connectivity index (χ4n) is 4.39. The maximum atomic E-state index is 12.5. The summed E-state index contributed by atoms with van der Waals surface area (Å²) in [6.45, 7) is 7.90. The number of fused-ring (bicyclic) bond motifs is 3. The molecule has 1 N–H and O–H groups in total. The average molecular weight is 404 g/mol. The lowest BCUT2D eigenvalue weighted by Gasteiger charge is -2.29. The van der Waals surface area contributed by atoms with E-state index in [4.69, 9.17) is 4.98 Å². The molecule has 1 unspecified atom stereocenters. The van der Waals surface area contributed by atoms with E-state index in [0.29, 0.717) is 6.42 Å². The number of carbonyl (C=O) groups is 1. The van der Waals surface area contributed by atoms with Crippen LogP contribution in [0.5, 0.6) is 0 Å². The SMILES string of the molecule is CCCC(C)(C(=O)O)c1c(C)nc2sc3ccccc3c2c1-c1ccc(C)cc1. The van der Waals surface area contributed by atoms with Gasteiger partial charge >= 0.3 is 5.97 Å². The van der Waals surface area contributed by atoms with Crippen molar-refractivity contribution < 1.29 is 9.90 Å². The third kappa shape index (κ3) is 3.12. The minimum atomic E-state index is -0.997. The number of carboxylic acid groups (broad SMARTS) is 1. The molecule has 0 saturated carbocycles. The molecule has 0 saturated heterocycles. The summed E-state index contributed by atoms with van der Waals surface area (Å²) in [5, 5.41) is 12.5. The number of carboxylic acids is 1. The third-order valence-corrected chi connectivity index (χ3v) is 6.89. The van der Waals surface area contributed by atoms with Gasteiger partial charge in [-0.25, -0.2) is 4.98 Å². The van der Waals surface area contributed by atoms with Crippen LogP contribution >= 0.6 is 11.3 Å². The highest BCUT2D eigenvalue weighted by Crippen LogP contribution is 2.46. The Bertz CT molecular complexity index is 1220. The number of nitrogens with zero attached hydrogens (tertiary/aromatic N) is 1. The summed E-state index contributed by atoms with van der Waals surface area (Å²) in [5.41, 5.74) is 3.90. The molecular weight excluding hydrogens is 378 g/mol. The number of hydrogen-bond donors (Lipinski definition) is 1. The van der Waals surface area contributed by atoms with E-state index in [1.54, 1.807) is 11.3 Å². The molecule has 0 bridgehead atoms. The Balaban J connectivity index is 2.22. The van der Waals surface area contributed by atoms with Crippen LogP contribution in [0.25, 0.3) is 31.4 Å². The zero-order valence-electron chi connectivity index (χ0n) is 17.2. The standard InChI is InChI=1S/C25H25NO2S/c1-5-14-25(4,24(27)28)22-16(3)26-23-21(18-8-6-7-9-19(18)29-23)20(22)17-12-10-15(2)11-13-17/h6-13H,5,14H2,1-4H3,(H,27,28). The molecule has 0 fully saturated rings. The molecule has 0 aliphatic carbocycles. The number of pyridine rings is 1. The van der Waals surface area contributed by atoms with Crippen molar-refractivity contribution in [3.05, 3.63) is 65.4 Å². The van der Waals surface area contributed by atoms with Gasteiger partial charge in [-0.3, -0.25) is 4.79 Å². The van der Waals surface area contributed by atoms with Gasteiger partial charge in [0, 0.05) is 21.2 Å². The largest absolute Gasteiger partial charge is 0.481 e. The molecule has 0 amide bonds. The van der Waals surface area contributed by atoms with Crippen LogP contribution in [0.3, 0.4) is 0 Å². The van der Waals surface area contributed by atoms with Gasteiger partial charge in [-0.2, -0.15) is 0 Å². The predicted molar refractivity (Wildman–Crippen MR) is 122 cm³/mol. The van der Waals surface area contributed by atoms with Crippen LogP contribution in [-0.4, -0.2) is 16.1 Å². The first-order chi connectivity index (χ1) is 13.9. The molecule has 2 aromatic carbocycles. The molecule has 148 valence electrons. The van der Waals surface area contributed by atoms with E-state index in [1.807, 2.05) is 32.9 Å². The van der Waals surface area contributed by atoms with Crippen LogP contribution in [0.15, 0.2) is 48.5 Å². The molecule has 3 nitrogen and oxygen atoms in total. The summed E-state index contributed by atoms with van der Waals surface area (Å²) in [6.07, 6.45) is 1.36. The van der Waals surface area contributed by atoms with Crippen LogP contribution in [0.1, 0.15) is 43.5 Å². The highest BCUT2D eigenvalue weighted by Gasteiger charge is 2.39. The molecule has 29 heavy (non-hydrogen) atoms. The van der Waals surface area contributed by atoms with Crippen LogP contribution < -0.4 is 0 Å². The lowest BCUT2D eigenvalue weighted by atomic mass is 9.74. The number of benzene rings is 2. The van der Waals surface area contributed by atoms with Crippen molar-refractivity contribution in [3.63, 3.8) is 0 Å². The zero-order valence-corrected chi connectivity index (χ0v) is 18.1. The maximum Gasteiger partial charge on any atom is 0.313 e. The fourth-order valence-corrected chi connectivity index (χ4v) is 5.52. The molecule has 0 aliphatic heterocycles. The minimum Gasteiger partial charge on any atom is -0.481 e. The van der Waals surface area contributed by atoms with Crippen molar-refractivity contribution in [2.24, 2.45) is 0 Å². The highest BCUT2D eigenvalue weighted by molar-refractivity contribution is 7.25. The molecule has 2 heterocycles. The van der Waals surface area contributed by atoms with Gasteiger partial charge in [-0.05, 0) is 49.9 Å². The van der Waals surface area contributed by atoms with Crippen molar-refractivity contribution in [1.82, 2.24) is 4.98 Å². The van der Waals surface area contributed by atoms with Crippen LogP contribution in [0.2, 0.25) is 0 Å². The Morgan fingerprint density at radius 2 is 1.79 bits per heavy atom. The monoisotopic (exact) mass is 403 g/mol. The lowest BCUT2D eigenvalue weighted by molar-refractivity contribution is -0.143. The maximum absolute atomic E-state index is 12.5. The summed E-state index contributed by atoms with van der Waals surface area (Å²) in [4.78, 5) is 18.4. The van der Waals surface area contributed by atoms with E-state index in [0.717, 1.165) is 44.4 Å². The zero-order chi connectivity index (χ0) is 20.8. The van der Waals surface area contributed by atoms with E-state index < -0.39 is 11.4 Å². The van der Waals surface area contributed by atoms with E-state index in [2.05, 4.69) is 43.3 Å². The second kappa shape index (κ2) is 7.27. The van der Waals surface area contributed by atoms with E-state index in [1.165, 1.54) is 10.3 Å². The molecule has 0 spiro atoms. The molecule has 1 atom stereocenters. The molecule has 0 aliphatic rings. The van der Waals surface area contributed by atoms with Gasteiger partial charge in [0.2, 0.25) is 0 Å². The second-order valence-corrected chi connectivity index (χ2v) is 9.01. The molecule has 0 radical (unpaired) electrons. The van der Waals surface area contributed by atoms with Gasteiger partial charge in [-0.1, -0.05) is 61.4 Å². The molecule has 4 aromatic rings. The summed E-state index contributed by atoms with van der Waals surface area (Å²) in [7, 11) is 0. The Morgan fingerprint density at radius 1 is 1.10 bits per heavy atom. The molecule has 2 aromatic heterocycles. The third-order valence-electron chi connectivity index (χ3n) is 5.82. The number of aliphatic carboxylic acids is 1. The molecule has 4 heteroatoms. The number of aromatic nitrogens is 1. The summed E-state index contributed by atoms with van der Waals surface area (Å²) in [6, 6.07) is 16.7. The average Bonchev–Trinajstić information content (AvgIpc) is 3.05. The number of hydrogen-bond acceptors (Lipinski definition) is 3. The Morgan fingerprint density at radius 3 is 2.45 bits per heavy atom. The van der Waals surface area contributed by atoms with E-state index in [9.17, 15) is 9.90 Å². The number of aryl methyl sites for hydroxylation is 2.